The van der Waals surface area contributed by atoms with Gasteiger partial charge in [-0.25, -0.2) is 15.0 Å². The molecule has 0 aliphatic carbocycles. The number of aromatic hydroxyl groups is 1. The number of nitrogens with one attached hydrogen (secondary N) is 2. The van der Waals surface area contributed by atoms with Crippen molar-refractivity contribution in [2.45, 2.75) is 13.8 Å². The second-order valence-electron chi connectivity index (χ2n) is 3.55. The fraction of sp³-hybridized carbons (Fsp3) is 0.200. The summed E-state index contributed by atoms with van der Waals surface area (Å²) < 4.78 is 0.338. The first-order valence-corrected chi connectivity index (χ1v) is 5.33. The van der Waals surface area contributed by atoms with Crippen LogP contribution in [0, 0.1) is 18.6 Å². The van der Waals surface area contributed by atoms with E-state index in [9.17, 15) is 5.11 Å². The highest BCUT2D eigenvalue weighted by molar-refractivity contribution is 7.71. The first-order chi connectivity index (χ1) is 8.04. The van der Waals surface area contributed by atoms with E-state index in [2.05, 4.69) is 24.9 Å². The topological polar surface area (TPSA) is 90.0 Å². The van der Waals surface area contributed by atoms with Crippen LogP contribution in [-0.4, -0.2) is 31.3 Å². The molecule has 17 heavy (non-hydrogen) atoms. The van der Waals surface area contributed by atoms with Gasteiger partial charge in [0.1, 0.15) is 5.69 Å². The van der Waals surface area contributed by atoms with E-state index in [0.29, 0.717) is 16.4 Å². The molecular formula is C10H11N5OS. The highest BCUT2D eigenvalue weighted by Crippen LogP contribution is 2.11. The van der Waals surface area contributed by atoms with Crippen LogP contribution < -0.4 is 0 Å². The summed E-state index contributed by atoms with van der Waals surface area (Å²) in [6.07, 6.45) is 1.43. The molecule has 3 N–H and O–H groups in total. The van der Waals surface area contributed by atoms with Crippen LogP contribution in [-0.2, 0) is 0 Å². The number of aryl methyl sites for hydroxylation is 2. The van der Waals surface area contributed by atoms with E-state index in [0.717, 1.165) is 11.4 Å². The molecule has 0 saturated heterocycles. The summed E-state index contributed by atoms with van der Waals surface area (Å²) in [6.45, 7) is 3.74. The maximum absolute atomic E-state index is 9.43. The van der Waals surface area contributed by atoms with Gasteiger partial charge in [-0.05, 0) is 32.1 Å². The Morgan fingerprint density at radius 3 is 2.47 bits per heavy atom. The van der Waals surface area contributed by atoms with Gasteiger partial charge in [-0.2, -0.15) is 0 Å². The van der Waals surface area contributed by atoms with Crippen LogP contribution in [0.3, 0.4) is 0 Å². The SMILES string of the molecule is Cc1cc(C)nc(N=Cc2[nH]c(=S)[nH]c2O)n1. The summed E-state index contributed by atoms with van der Waals surface area (Å²) in [5.41, 5.74) is 2.09. The minimum Gasteiger partial charge on any atom is -0.493 e. The Hall–Kier alpha value is -2.02. The average molecular weight is 249 g/mol. The predicted molar refractivity (Wildman–Crippen MR) is 66.4 cm³/mol. The smallest absolute Gasteiger partial charge is 0.249 e. The summed E-state index contributed by atoms with van der Waals surface area (Å²) >= 11 is 4.83. The molecule has 2 heterocycles. The lowest BCUT2D eigenvalue weighted by Gasteiger charge is -1.96. The van der Waals surface area contributed by atoms with Crippen molar-refractivity contribution in [1.82, 2.24) is 19.9 Å². The Kier molecular flexibility index (Phi) is 3.01. The molecule has 6 nitrogen and oxygen atoms in total. The van der Waals surface area contributed by atoms with Crippen molar-refractivity contribution in [2.24, 2.45) is 4.99 Å². The van der Waals surface area contributed by atoms with E-state index in [1.54, 1.807) is 0 Å². The number of hydrogen-bond donors (Lipinski definition) is 3. The molecule has 0 aliphatic heterocycles. The first-order valence-electron chi connectivity index (χ1n) is 4.92. The van der Waals surface area contributed by atoms with E-state index in [-0.39, 0.29) is 5.88 Å². The molecule has 0 aromatic carbocycles. The Labute approximate surface area is 102 Å². The van der Waals surface area contributed by atoms with E-state index < -0.39 is 0 Å². The fourth-order valence-electron chi connectivity index (χ4n) is 1.37. The second kappa shape index (κ2) is 4.46. The van der Waals surface area contributed by atoms with Gasteiger partial charge in [0, 0.05) is 11.4 Å². The van der Waals surface area contributed by atoms with Crippen molar-refractivity contribution >= 4 is 24.4 Å². The Balaban J connectivity index is 2.31. The molecule has 0 atom stereocenters. The van der Waals surface area contributed by atoms with Gasteiger partial charge in [0.15, 0.2) is 4.77 Å². The summed E-state index contributed by atoms with van der Waals surface area (Å²) in [5, 5.41) is 9.43. The normalized spacial score (nSPS) is 11.2. The molecule has 2 rings (SSSR count). The van der Waals surface area contributed by atoms with Gasteiger partial charge in [0.25, 0.3) is 0 Å². The van der Waals surface area contributed by atoms with Gasteiger partial charge in [-0.3, -0.25) is 0 Å². The van der Waals surface area contributed by atoms with Crippen molar-refractivity contribution < 1.29 is 5.11 Å². The van der Waals surface area contributed by atoms with Gasteiger partial charge < -0.3 is 15.1 Å². The number of aromatic nitrogens is 4. The molecule has 2 aromatic heterocycles. The zero-order valence-electron chi connectivity index (χ0n) is 9.35. The number of hydrogen-bond acceptors (Lipinski definition) is 5. The van der Waals surface area contributed by atoms with Crippen molar-refractivity contribution in [3.8, 4) is 5.88 Å². The molecule has 7 heteroatoms. The summed E-state index contributed by atoms with van der Waals surface area (Å²) in [4.78, 5) is 17.7. The van der Waals surface area contributed by atoms with Gasteiger partial charge >= 0.3 is 0 Å². The molecule has 0 spiro atoms. The Morgan fingerprint density at radius 1 is 1.29 bits per heavy atom. The van der Waals surface area contributed by atoms with Crippen LogP contribution in [0.25, 0.3) is 0 Å². The van der Waals surface area contributed by atoms with Crippen LogP contribution in [0.1, 0.15) is 17.1 Å². The molecule has 0 unspecified atom stereocenters. The lowest BCUT2D eigenvalue weighted by atomic mass is 10.4. The third kappa shape index (κ3) is 2.76. The molecule has 0 saturated carbocycles. The Bertz CT molecular complexity index is 608. The number of nitrogens with zero attached hydrogens (tertiary/aromatic N) is 3. The fourth-order valence-corrected chi connectivity index (χ4v) is 1.58. The highest BCUT2D eigenvalue weighted by Gasteiger charge is 2.01. The predicted octanol–water partition coefficient (Wildman–Crippen LogP) is 1.94. The molecule has 0 bridgehead atoms. The number of imidazole rings is 1. The first kappa shape index (κ1) is 11.5. The maximum Gasteiger partial charge on any atom is 0.249 e. The minimum atomic E-state index is -0.0527. The van der Waals surface area contributed by atoms with Gasteiger partial charge in [0.2, 0.25) is 11.8 Å². The van der Waals surface area contributed by atoms with Gasteiger partial charge in [-0.15, -0.1) is 0 Å². The second-order valence-corrected chi connectivity index (χ2v) is 3.96. The van der Waals surface area contributed by atoms with Gasteiger partial charge in [0.05, 0.1) is 6.21 Å². The number of aromatic amines is 2. The number of rotatable bonds is 2. The lowest BCUT2D eigenvalue weighted by molar-refractivity contribution is 0.455. The molecule has 0 aliphatic rings. The standard InChI is InChI=1S/C10H11N5OS/c1-5-3-6(2)13-9(12-5)11-4-7-8(16)15-10(17)14-7/h3-4,16H,1-2H3,(H2,14,15,17). The molecule has 0 radical (unpaired) electrons. The van der Waals surface area contributed by atoms with Crippen LogP contribution in [0.15, 0.2) is 11.1 Å². The lowest BCUT2D eigenvalue weighted by Crippen LogP contribution is -1.90. The molecular weight excluding hydrogens is 238 g/mol. The zero-order chi connectivity index (χ0) is 12.4. The van der Waals surface area contributed by atoms with Crippen LogP contribution >= 0.6 is 12.2 Å². The maximum atomic E-state index is 9.43. The van der Waals surface area contributed by atoms with E-state index in [1.165, 1.54) is 6.21 Å². The zero-order valence-corrected chi connectivity index (χ0v) is 10.2. The molecule has 0 amide bonds. The molecule has 88 valence electrons. The average Bonchev–Trinajstić information content (AvgIpc) is 2.53. The monoisotopic (exact) mass is 249 g/mol. The highest BCUT2D eigenvalue weighted by atomic mass is 32.1. The third-order valence-electron chi connectivity index (χ3n) is 2.01. The number of H-pyrrole nitrogens is 2. The number of aliphatic imine (C=N–C) groups is 1. The summed E-state index contributed by atoms with van der Waals surface area (Å²) in [6, 6.07) is 1.86. The van der Waals surface area contributed by atoms with Crippen LogP contribution in [0.4, 0.5) is 5.95 Å². The van der Waals surface area contributed by atoms with Crippen molar-refractivity contribution in [3.63, 3.8) is 0 Å². The Morgan fingerprint density at radius 2 is 1.94 bits per heavy atom. The van der Waals surface area contributed by atoms with Crippen molar-refractivity contribution in [3.05, 3.63) is 27.9 Å². The minimum absolute atomic E-state index is 0.0527. The van der Waals surface area contributed by atoms with E-state index in [1.807, 2.05) is 19.9 Å². The third-order valence-corrected chi connectivity index (χ3v) is 2.22. The van der Waals surface area contributed by atoms with Crippen LogP contribution in [0.5, 0.6) is 5.88 Å². The molecule has 0 fully saturated rings. The summed E-state index contributed by atoms with van der Waals surface area (Å²) in [5.74, 6) is 0.297. The van der Waals surface area contributed by atoms with Crippen LogP contribution in [0.2, 0.25) is 0 Å². The quantitative estimate of drug-likeness (QED) is 0.560. The van der Waals surface area contributed by atoms with Crippen molar-refractivity contribution in [1.29, 1.82) is 0 Å². The molecule has 2 aromatic rings. The van der Waals surface area contributed by atoms with Crippen molar-refractivity contribution in [2.75, 3.05) is 0 Å². The van der Waals surface area contributed by atoms with Gasteiger partial charge in [-0.1, -0.05) is 0 Å². The summed E-state index contributed by atoms with van der Waals surface area (Å²) in [7, 11) is 0. The van der Waals surface area contributed by atoms with E-state index in [4.69, 9.17) is 12.2 Å². The van der Waals surface area contributed by atoms with E-state index >= 15 is 0 Å². The largest absolute Gasteiger partial charge is 0.493 e.